The Hall–Kier alpha value is -1.94. The van der Waals surface area contributed by atoms with Crippen molar-refractivity contribution in [1.82, 2.24) is 0 Å². The maximum atomic E-state index is 8.96. The van der Waals surface area contributed by atoms with Gasteiger partial charge in [-0.2, -0.15) is 0 Å². The minimum absolute atomic E-state index is 0.0623. The second-order valence-electron chi connectivity index (χ2n) is 5.43. The highest BCUT2D eigenvalue weighted by atomic mass is 16.5. The van der Waals surface area contributed by atoms with E-state index in [0.29, 0.717) is 18.4 Å². The van der Waals surface area contributed by atoms with Crippen LogP contribution in [0.3, 0.4) is 0 Å². The van der Waals surface area contributed by atoms with Crippen molar-refractivity contribution >= 4 is 5.69 Å². The molecule has 0 saturated heterocycles. The number of hydrogen-bond acceptors (Lipinski definition) is 4. The molecule has 2 aromatic rings. The van der Waals surface area contributed by atoms with Gasteiger partial charge in [0.25, 0.3) is 0 Å². The van der Waals surface area contributed by atoms with Gasteiger partial charge in [-0.25, -0.2) is 0 Å². The Morgan fingerprint density at radius 1 is 1.05 bits per heavy atom. The fourth-order valence-corrected chi connectivity index (χ4v) is 2.64. The molecule has 3 rings (SSSR count). The first-order valence-electron chi connectivity index (χ1n) is 7.52. The highest BCUT2D eigenvalue weighted by Gasteiger charge is 2.16. The molecule has 1 aliphatic rings. The first kappa shape index (κ1) is 14.0. The first-order valence-corrected chi connectivity index (χ1v) is 7.52. The normalized spacial score (nSPS) is 15.3. The summed E-state index contributed by atoms with van der Waals surface area (Å²) < 4.78 is 11.4. The van der Waals surface area contributed by atoms with Crippen LogP contribution in [0.25, 0.3) is 0 Å². The second kappa shape index (κ2) is 6.68. The molecule has 4 heteroatoms. The number of anilines is 1. The SMILES string of the molecule is OCc1ccc(CNc2ccc(OC3CCCC3)cc2)o1. The molecule has 1 aromatic carbocycles. The molecule has 0 spiro atoms. The van der Waals surface area contributed by atoms with Crippen molar-refractivity contribution in [2.45, 2.75) is 44.9 Å². The molecule has 0 radical (unpaired) electrons. The third kappa shape index (κ3) is 3.79. The average Bonchev–Trinajstić information content (AvgIpc) is 3.18. The van der Waals surface area contributed by atoms with Crippen LogP contribution in [-0.2, 0) is 13.2 Å². The topological polar surface area (TPSA) is 54.6 Å². The van der Waals surface area contributed by atoms with E-state index in [1.807, 2.05) is 30.3 Å². The Balaban J connectivity index is 1.51. The number of rotatable bonds is 6. The van der Waals surface area contributed by atoms with Crippen LogP contribution in [0.4, 0.5) is 5.69 Å². The fourth-order valence-electron chi connectivity index (χ4n) is 2.64. The molecule has 1 saturated carbocycles. The second-order valence-corrected chi connectivity index (χ2v) is 5.43. The zero-order valence-electron chi connectivity index (χ0n) is 12.0. The molecule has 1 heterocycles. The van der Waals surface area contributed by atoms with Crippen LogP contribution in [0.2, 0.25) is 0 Å². The number of nitrogens with one attached hydrogen (secondary N) is 1. The largest absolute Gasteiger partial charge is 0.490 e. The molecule has 0 aliphatic heterocycles. The Morgan fingerprint density at radius 3 is 2.43 bits per heavy atom. The first-order chi connectivity index (χ1) is 10.3. The number of hydrogen-bond donors (Lipinski definition) is 2. The van der Waals surface area contributed by atoms with Gasteiger partial charge in [-0.05, 0) is 62.1 Å². The van der Waals surface area contributed by atoms with E-state index in [9.17, 15) is 0 Å². The zero-order valence-corrected chi connectivity index (χ0v) is 12.0. The third-order valence-corrected chi connectivity index (χ3v) is 3.80. The van der Waals surface area contributed by atoms with Crippen LogP contribution in [-0.4, -0.2) is 11.2 Å². The van der Waals surface area contributed by atoms with Gasteiger partial charge in [-0.1, -0.05) is 0 Å². The van der Waals surface area contributed by atoms with Crippen molar-refractivity contribution in [3.63, 3.8) is 0 Å². The summed E-state index contributed by atoms with van der Waals surface area (Å²) in [7, 11) is 0. The van der Waals surface area contributed by atoms with Crippen molar-refractivity contribution in [1.29, 1.82) is 0 Å². The van der Waals surface area contributed by atoms with Crippen molar-refractivity contribution in [2.75, 3.05) is 5.32 Å². The average molecular weight is 287 g/mol. The summed E-state index contributed by atoms with van der Waals surface area (Å²) in [6.07, 6.45) is 5.30. The van der Waals surface area contributed by atoms with Gasteiger partial charge < -0.3 is 19.6 Å². The molecule has 2 N–H and O–H groups in total. The summed E-state index contributed by atoms with van der Waals surface area (Å²) in [5.41, 5.74) is 1.02. The van der Waals surface area contributed by atoms with E-state index in [2.05, 4.69) is 5.32 Å². The molecule has 0 bridgehead atoms. The maximum absolute atomic E-state index is 8.96. The highest BCUT2D eigenvalue weighted by molar-refractivity contribution is 5.46. The molecule has 1 aromatic heterocycles. The standard InChI is InChI=1S/C17H21NO3/c19-12-17-10-9-16(21-17)11-18-13-5-7-15(8-6-13)20-14-3-1-2-4-14/h5-10,14,18-19H,1-4,11-12H2. The highest BCUT2D eigenvalue weighted by Crippen LogP contribution is 2.25. The van der Waals surface area contributed by atoms with E-state index in [1.165, 1.54) is 25.7 Å². The molecule has 1 aliphatic carbocycles. The van der Waals surface area contributed by atoms with Gasteiger partial charge in [-0.3, -0.25) is 0 Å². The summed E-state index contributed by atoms with van der Waals surface area (Å²) in [5, 5.41) is 12.2. The van der Waals surface area contributed by atoms with Crippen LogP contribution in [0.15, 0.2) is 40.8 Å². The van der Waals surface area contributed by atoms with Crippen LogP contribution >= 0.6 is 0 Å². The van der Waals surface area contributed by atoms with Gasteiger partial charge in [-0.15, -0.1) is 0 Å². The lowest BCUT2D eigenvalue weighted by atomic mass is 10.2. The van der Waals surface area contributed by atoms with Crippen LogP contribution in [0.1, 0.15) is 37.2 Å². The van der Waals surface area contributed by atoms with Crippen molar-refractivity contribution in [2.24, 2.45) is 0 Å². The number of furan rings is 1. The van der Waals surface area contributed by atoms with E-state index < -0.39 is 0 Å². The van der Waals surface area contributed by atoms with E-state index in [-0.39, 0.29) is 6.61 Å². The molecule has 21 heavy (non-hydrogen) atoms. The van der Waals surface area contributed by atoms with Crippen LogP contribution in [0, 0.1) is 0 Å². The Morgan fingerprint density at radius 2 is 1.76 bits per heavy atom. The molecule has 4 nitrogen and oxygen atoms in total. The summed E-state index contributed by atoms with van der Waals surface area (Å²) >= 11 is 0. The van der Waals surface area contributed by atoms with Gasteiger partial charge in [0.15, 0.2) is 0 Å². The molecule has 112 valence electrons. The van der Waals surface area contributed by atoms with Gasteiger partial charge in [0.05, 0.1) is 12.6 Å². The lowest BCUT2D eigenvalue weighted by molar-refractivity contribution is 0.210. The number of benzene rings is 1. The molecular weight excluding hydrogens is 266 g/mol. The number of aliphatic hydroxyl groups is 1. The summed E-state index contributed by atoms with van der Waals surface area (Å²) in [6.45, 7) is 0.538. The monoisotopic (exact) mass is 287 g/mol. The van der Waals surface area contributed by atoms with Gasteiger partial charge >= 0.3 is 0 Å². The lowest BCUT2D eigenvalue weighted by Crippen LogP contribution is -2.10. The van der Waals surface area contributed by atoms with Crippen LogP contribution in [0.5, 0.6) is 5.75 Å². The Labute approximate surface area is 124 Å². The van der Waals surface area contributed by atoms with Crippen molar-refractivity contribution in [3.8, 4) is 5.75 Å². The number of ether oxygens (including phenoxy) is 1. The summed E-state index contributed by atoms with van der Waals surface area (Å²) in [6, 6.07) is 11.7. The minimum Gasteiger partial charge on any atom is -0.490 e. The molecule has 0 unspecified atom stereocenters. The van der Waals surface area contributed by atoms with Gasteiger partial charge in [0.1, 0.15) is 23.9 Å². The molecule has 1 fully saturated rings. The fraction of sp³-hybridized carbons (Fsp3) is 0.412. The van der Waals surface area contributed by atoms with Crippen LogP contribution < -0.4 is 10.1 Å². The predicted octanol–water partition coefficient (Wildman–Crippen LogP) is 3.71. The quantitative estimate of drug-likeness (QED) is 0.850. The summed E-state index contributed by atoms with van der Waals surface area (Å²) in [4.78, 5) is 0. The van der Waals surface area contributed by atoms with E-state index in [1.54, 1.807) is 6.07 Å². The zero-order chi connectivity index (χ0) is 14.5. The van der Waals surface area contributed by atoms with Crippen molar-refractivity contribution < 1.29 is 14.3 Å². The predicted molar refractivity (Wildman–Crippen MR) is 81.3 cm³/mol. The van der Waals surface area contributed by atoms with Gasteiger partial charge in [0, 0.05) is 5.69 Å². The molecule has 0 amide bonds. The van der Waals surface area contributed by atoms with Crippen molar-refractivity contribution in [3.05, 3.63) is 47.9 Å². The van der Waals surface area contributed by atoms with Gasteiger partial charge in [0.2, 0.25) is 0 Å². The Kier molecular flexibility index (Phi) is 4.46. The molecule has 0 atom stereocenters. The minimum atomic E-state index is -0.0623. The summed E-state index contributed by atoms with van der Waals surface area (Å²) in [5.74, 6) is 2.34. The smallest absolute Gasteiger partial charge is 0.129 e. The lowest BCUT2D eigenvalue weighted by Gasteiger charge is -2.13. The Bertz CT molecular complexity index is 556. The number of aliphatic hydroxyl groups excluding tert-OH is 1. The van der Waals surface area contributed by atoms with E-state index >= 15 is 0 Å². The van der Waals surface area contributed by atoms with E-state index in [4.69, 9.17) is 14.3 Å². The van der Waals surface area contributed by atoms with E-state index in [0.717, 1.165) is 17.2 Å². The molecular formula is C17H21NO3. The maximum Gasteiger partial charge on any atom is 0.129 e. The third-order valence-electron chi connectivity index (χ3n) is 3.80.